The average Bonchev–Trinajstić information content (AvgIpc) is 2.67. The maximum atomic E-state index is 12.0. The summed E-state index contributed by atoms with van der Waals surface area (Å²) in [4.78, 5) is 22.2. The van der Waals surface area contributed by atoms with E-state index >= 15 is 0 Å². The molecule has 6 heteroatoms. The summed E-state index contributed by atoms with van der Waals surface area (Å²) in [5.41, 5.74) is 0.269. The smallest absolute Gasteiger partial charge is 0.270 e. The first-order valence-electron chi connectivity index (χ1n) is 6.43. The average molecular weight is 263 g/mol. The lowest BCUT2D eigenvalue weighted by Gasteiger charge is -2.16. The van der Waals surface area contributed by atoms with Crippen LogP contribution in [-0.2, 0) is 0 Å². The van der Waals surface area contributed by atoms with Crippen LogP contribution in [0.1, 0.15) is 29.6 Å². The molecule has 1 aliphatic heterocycles. The van der Waals surface area contributed by atoms with Crippen molar-refractivity contribution in [3.63, 3.8) is 0 Å². The molecule has 102 valence electrons. The molecule has 1 aromatic carbocycles. The molecule has 0 aromatic heterocycles. The lowest BCUT2D eigenvalue weighted by atomic mass is 10.1. The number of amides is 1. The number of rotatable bonds is 3. The van der Waals surface area contributed by atoms with Crippen molar-refractivity contribution in [2.24, 2.45) is 0 Å². The first-order chi connectivity index (χ1) is 9.16. The van der Waals surface area contributed by atoms with Crippen molar-refractivity contribution in [1.29, 1.82) is 0 Å². The molecule has 19 heavy (non-hydrogen) atoms. The van der Waals surface area contributed by atoms with Crippen LogP contribution in [0.5, 0.6) is 0 Å². The van der Waals surface area contributed by atoms with Crippen LogP contribution in [0.3, 0.4) is 0 Å². The van der Waals surface area contributed by atoms with Crippen molar-refractivity contribution < 1.29 is 9.72 Å². The van der Waals surface area contributed by atoms with E-state index in [0.29, 0.717) is 5.56 Å². The third kappa shape index (κ3) is 3.75. The number of carbonyl (C=O) groups excluding carboxylic acids is 1. The Balaban J connectivity index is 2.02. The molecule has 0 saturated carbocycles. The summed E-state index contributed by atoms with van der Waals surface area (Å²) in [5.74, 6) is -0.252. The summed E-state index contributed by atoms with van der Waals surface area (Å²) in [5, 5.41) is 16.9. The van der Waals surface area contributed by atoms with E-state index in [-0.39, 0.29) is 17.6 Å². The third-order valence-electron chi connectivity index (χ3n) is 3.20. The summed E-state index contributed by atoms with van der Waals surface area (Å²) in [6.45, 7) is 1.73. The normalized spacial score (nSPS) is 19.5. The SMILES string of the molecule is O=C(NC1CCCCNC1)c1cccc([N+](=O)[O-])c1. The van der Waals surface area contributed by atoms with Crippen LogP contribution < -0.4 is 10.6 Å². The van der Waals surface area contributed by atoms with Gasteiger partial charge in [-0.15, -0.1) is 0 Å². The first kappa shape index (κ1) is 13.5. The summed E-state index contributed by atoms with van der Waals surface area (Å²) in [7, 11) is 0. The maximum Gasteiger partial charge on any atom is 0.270 e. The molecule has 0 radical (unpaired) electrons. The minimum atomic E-state index is -0.496. The van der Waals surface area contributed by atoms with Crippen LogP contribution in [0.25, 0.3) is 0 Å². The Bertz CT molecular complexity index is 468. The molecule has 6 nitrogen and oxygen atoms in total. The van der Waals surface area contributed by atoms with Gasteiger partial charge in [-0.2, -0.15) is 0 Å². The van der Waals surface area contributed by atoms with Crippen LogP contribution in [0.4, 0.5) is 5.69 Å². The molecule has 1 amide bonds. The number of benzene rings is 1. The number of nitro benzene ring substituents is 1. The molecule has 1 aromatic rings. The van der Waals surface area contributed by atoms with Gasteiger partial charge in [-0.25, -0.2) is 0 Å². The zero-order chi connectivity index (χ0) is 13.7. The summed E-state index contributed by atoms with van der Waals surface area (Å²) >= 11 is 0. The second-order valence-corrected chi connectivity index (χ2v) is 4.68. The van der Waals surface area contributed by atoms with Gasteiger partial charge in [0.1, 0.15) is 0 Å². The predicted octanol–water partition coefficient (Wildman–Crippen LogP) is 1.47. The molecule has 2 rings (SSSR count). The fourth-order valence-corrected chi connectivity index (χ4v) is 2.17. The van der Waals surface area contributed by atoms with Gasteiger partial charge < -0.3 is 10.6 Å². The number of nitrogens with one attached hydrogen (secondary N) is 2. The van der Waals surface area contributed by atoms with Gasteiger partial charge in [0.15, 0.2) is 0 Å². The van der Waals surface area contributed by atoms with Crippen LogP contribution in [0.2, 0.25) is 0 Å². The molecule has 0 aliphatic carbocycles. The van der Waals surface area contributed by atoms with Crippen molar-refractivity contribution >= 4 is 11.6 Å². The van der Waals surface area contributed by atoms with Crippen molar-refractivity contribution in [3.05, 3.63) is 39.9 Å². The van der Waals surface area contributed by atoms with E-state index in [1.54, 1.807) is 6.07 Å². The van der Waals surface area contributed by atoms with Gasteiger partial charge in [0.25, 0.3) is 11.6 Å². The Kier molecular flexibility index (Phi) is 4.46. The molecular weight excluding hydrogens is 246 g/mol. The Morgan fingerprint density at radius 3 is 3.05 bits per heavy atom. The fraction of sp³-hybridized carbons (Fsp3) is 0.462. The quantitative estimate of drug-likeness (QED) is 0.639. The molecule has 1 aliphatic rings. The highest BCUT2D eigenvalue weighted by molar-refractivity contribution is 5.95. The molecular formula is C13H17N3O3. The summed E-state index contributed by atoms with van der Waals surface area (Å²) in [6.07, 6.45) is 3.13. The van der Waals surface area contributed by atoms with E-state index in [4.69, 9.17) is 0 Å². The minimum absolute atomic E-state index is 0.0633. The number of hydrogen-bond acceptors (Lipinski definition) is 4. The molecule has 0 spiro atoms. The van der Waals surface area contributed by atoms with E-state index < -0.39 is 4.92 Å². The van der Waals surface area contributed by atoms with Crippen LogP contribution >= 0.6 is 0 Å². The van der Waals surface area contributed by atoms with Crippen molar-refractivity contribution in [2.75, 3.05) is 13.1 Å². The number of non-ortho nitro benzene ring substituents is 1. The van der Waals surface area contributed by atoms with E-state index in [9.17, 15) is 14.9 Å². The molecule has 1 heterocycles. The highest BCUT2D eigenvalue weighted by atomic mass is 16.6. The van der Waals surface area contributed by atoms with Gasteiger partial charge in [0, 0.05) is 30.3 Å². The lowest BCUT2D eigenvalue weighted by Crippen LogP contribution is -2.40. The maximum absolute atomic E-state index is 12.0. The minimum Gasteiger partial charge on any atom is -0.348 e. The van der Waals surface area contributed by atoms with E-state index in [1.165, 1.54) is 18.2 Å². The van der Waals surface area contributed by atoms with Gasteiger partial charge >= 0.3 is 0 Å². The third-order valence-corrected chi connectivity index (χ3v) is 3.20. The Morgan fingerprint density at radius 1 is 1.42 bits per heavy atom. The highest BCUT2D eigenvalue weighted by Crippen LogP contribution is 2.13. The van der Waals surface area contributed by atoms with Crippen LogP contribution in [0, 0.1) is 10.1 Å². The Labute approximate surface area is 111 Å². The van der Waals surface area contributed by atoms with Crippen molar-refractivity contribution in [1.82, 2.24) is 10.6 Å². The second kappa shape index (κ2) is 6.29. The zero-order valence-electron chi connectivity index (χ0n) is 10.6. The van der Waals surface area contributed by atoms with Gasteiger partial charge in [0.05, 0.1) is 4.92 Å². The number of hydrogen-bond donors (Lipinski definition) is 2. The zero-order valence-corrected chi connectivity index (χ0v) is 10.6. The molecule has 1 saturated heterocycles. The lowest BCUT2D eigenvalue weighted by molar-refractivity contribution is -0.384. The molecule has 1 unspecified atom stereocenters. The topological polar surface area (TPSA) is 84.3 Å². The summed E-state index contributed by atoms with van der Waals surface area (Å²) in [6, 6.07) is 5.89. The molecule has 1 atom stereocenters. The molecule has 0 bridgehead atoms. The summed E-state index contributed by atoms with van der Waals surface area (Å²) < 4.78 is 0. The second-order valence-electron chi connectivity index (χ2n) is 4.68. The largest absolute Gasteiger partial charge is 0.348 e. The van der Waals surface area contributed by atoms with Gasteiger partial charge in [-0.1, -0.05) is 12.5 Å². The Hall–Kier alpha value is -1.95. The van der Waals surface area contributed by atoms with Crippen LogP contribution in [-0.4, -0.2) is 30.0 Å². The highest BCUT2D eigenvalue weighted by Gasteiger charge is 2.17. The predicted molar refractivity (Wildman–Crippen MR) is 71.1 cm³/mol. The van der Waals surface area contributed by atoms with E-state index in [1.807, 2.05) is 0 Å². The van der Waals surface area contributed by atoms with Gasteiger partial charge in [-0.05, 0) is 25.5 Å². The number of nitrogens with zero attached hydrogens (tertiary/aromatic N) is 1. The molecule has 1 fully saturated rings. The van der Waals surface area contributed by atoms with Crippen molar-refractivity contribution in [3.8, 4) is 0 Å². The Morgan fingerprint density at radius 2 is 2.26 bits per heavy atom. The number of nitro groups is 1. The van der Waals surface area contributed by atoms with Gasteiger partial charge in [-0.3, -0.25) is 14.9 Å². The molecule has 2 N–H and O–H groups in total. The number of carbonyl (C=O) groups is 1. The fourth-order valence-electron chi connectivity index (χ4n) is 2.17. The van der Waals surface area contributed by atoms with Crippen molar-refractivity contribution in [2.45, 2.75) is 25.3 Å². The van der Waals surface area contributed by atoms with Crippen LogP contribution in [0.15, 0.2) is 24.3 Å². The van der Waals surface area contributed by atoms with E-state index in [2.05, 4.69) is 10.6 Å². The van der Waals surface area contributed by atoms with Gasteiger partial charge in [0.2, 0.25) is 0 Å². The van der Waals surface area contributed by atoms with E-state index in [0.717, 1.165) is 32.4 Å². The standard InChI is InChI=1S/C13H17N3O3/c17-13(15-11-5-1-2-7-14-9-11)10-4-3-6-12(8-10)16(18)19/h3-4,6,8,11,14H,1-2,5,7,9H2,(H,15,17). The first-order valence-corrected chi connectivity index (χ1v) is 6.43. The monoisotopic (exact) mass is 263 g/mol.